The summed E-state index contributed by atoms with van der Waals surface area (Å²) in [5.74, 6) is 1.44. The Bertz CT molecular complexity index is 293. The Balaban J connectivity index is 2.54. The summed E-state index contributed by atoms with van der Waals surface area (Å²) in [6.07, 6.45) is 0.482. The van der Waals surface area contributed by atoms with E-state index in [0.717, 1.165) is 11.3 Å². The molecule has 1 aromatic rings. The molecule has 0 aromatic heterocycles. The largest absolute Gasteiger partial charge is 0.492 e. The average Bonchev–Trinajstić information content (AvgIpc) is 2.16. The number of ketones is 1. The van der Waals surface area contributed by atoms with Crippen LogP contribution in [0.15, 0.2) is 24.3 Å². The van der Waals surface area contributed by atoms with Crippen LogP contribution in [0.3, 0.4) is 0 Å². The number of hydrogen-bond donors (Lipinski definition) is 0. The van der Waals surface area contributed by atoms with E-state index in [1.165, 1.54) is 0 Å². The average molecular weight is 213 g/mol. The SMILES string of the molecule is CC(=O)Cc1ccc(OCCCl)cc1. The Morgan fingerprint density at radius 1 is 1.36 bits per heavy atom. The number of carbonyl (C=O) groups excluding carboxylic acids is 1. The second kappa shape index (κ2) is 5.66. The monoisotopic (exact) mass is 212 g/mol. The zero-order chi connectivity index (χ0) is 10.4. The molecule has 0 aliphatic carbocycles. The highest BCUT2D eigenvalue weighted by Crippen LogP contribution is 2.12. The lowest BCUT2D eigenvalue weighted by Gasteiger charge is -2.04. The fourth-order valence-electron chi connectivity index (χ4n) is 1.15. The molecule has 2 nitrogen and oxygen atoms in total. The third-order valence-electron chi connectivity index (χ3n) is 1.72. The van der Waals surface area contributed by atoms with Crippen molar-refractivity contribution in [3.63, 3.8) is 0 Å². The van der Waals surface area contributed by atoms with Gasteiger partial charge in [-0.25, -0.2) is 0 Å². The van der Waals surface area contributed by atoms with E-state index in [9.17, 15) is 4.79 Å². The van der Waals surface area contributed by atoms with Crippen LogP contribution < -0.4 is 4.74 Å². The number of halogens is 1. The summed E-state index contributed by atoms with van der Waals surface area (Å²) in [4.78, 5) is 10.8. The molecule has 1 rings (SSSR count). The smallest absolute Gasteiger partial charge is 0.134 e. The van der Waals surface area contributed by atoms with E-state index in [1.807, 2.05) is 24.3 Å². The number of benzene rings is 1. The fraction of sp³-hybridized carbons (Fsp3) is 0.364. The Labute approximate surface area is 88.8 Å². The summed E-state index contributed by atoms with van der Waals surface area (Å²) in [5.41, 5.74) is 1.01. The minimum atomic E-state index is 0.166. The lowest BCUT2D eigenvalue weighted by atomic mass is 10.1. The minimum Gasteiger partial charge on any atom is -0.492 e. The van der Waals surface area contributed by atoms with E-state index in [0.29, 0.717) is 18.9 Å². The van der Waals surface area contributed by atoms with Crippen LogP contribution in [0.1, 0.15) is 12.5 Å². The maximum Gasteiger partial charge on any atom is 0.134 e. The molecular weight excluding hydrogens is 200 g/mol. The molecule has 0 aliphatic heterocycles. The van der Waals surface area contributed by atoms with Crippen molar-refractivity contribution in [1.29, 1.82) is 0 Å². The van der Waals surface area contributed by atoms with E-state index in [2.05, 4.69) is 0 Å². The molecule has 0 aliphatic rings. The molecule has 0 heterocycles. The van der Waals surface area contributed by atoms with E-state index in [-0.39, 0.29) is 5.78 Å². The zero-order valence-corrected chi connectivity index (χ0v) is 8.88. The van der Waals surface area contributed by atoms with Crippen LogP contribution >= 0.6 is 11.6 Å². The van der Waals surface area contributed by atoms with Gasteiger partial charge in [-0.05, 0) is 24.6 Å². The van der Waals surface area contributed by atoms with Crippen molar-refractivity contribution in [2.45, 2.75) is 13.3 Å². The molecule has 0 saturated heterocycles. The molecule has 0 N–H and O–H groups in total. The number of alkyl halides is 1. The number of carbonyl (C=O) groups is 1. The molecule has 0 saturated carbocycles. The van der Waals surface area contributed by atoms with Crippen molar-refractivity contribution < 1.29 is 9.53 Å². The highest BCUT2D eigenvalue weighted by atomic mass is 35.5. The van der Waals surface area contributed by atoms with Crippen molar-refractivity contribution in [3.05, 3.63) is 29.8 Å². The molecule has 0 atom stereocenters. The van der Waals surface area contributed by atoms with Gasteiger partial charge in [0, 0.05) is 6.42 Å². The lowest BCUT2D eigenvalue weighted by Crippen LogP contribution is -1.99. The topological polar surface area (TPSA) is 26.3 Å². The highest BCUT2D eigenvalue weighted by molar-refractivity contribution is 6.18. The molecule has 0 fully saturated rings. The van der Waals surface area contributed by atoms with Crippen LogP contribution in [0.5, 0.6) is 5.75 Å². The van der Waals surface area contributed by atoms with Gasteiger partial charge in [-0.15, -0.1) is 11.6 Å². The third kappa shape index (κ3) is 3.79. The van der Waals surface area contributed by atoms with Crippen LogP contribution in [-0.2, 0) is 11.2 Å². The number of ether oxygens (including phenoxy) is 1. The first-order chi connectivity index (χ1) is 6.72. The van der Waals surface area contributed by atoms with Crippen LogP contribution in [0.2, 0.25) is 0 Å². The quantitative estimate of drug-likeness (QED) is 0.701. The molecule has 0 bridgehead atoms. The zero-order valence-electron chi connectivity index (χ0n) is 8.13. The molecule has 14 heavy (non-hydrogen) atoms. The van der Waals surface area contributed by atoms with E-state index in [1.54, 1.807) is 6.92 Å². The lowest BCUT2D eigenvalue weighted by molar-refractivity contribution is -0.116. The third-order valence-corrected chi connectivity index (χ3v) is 1.88. The number of Topliss-reactive ketones (excluding diaryl/α,β-unsaturated/α-hetero) is 1. The van der Waals surface area contributed by atoms with Crippen molar-refractivity contribution in [3.8, 4) is 5.75 Å². The standard InChI is InChI=1S/C11H13ClO2/c1-9(13)8-10-2-4-11(5-3-10)14-7-6-12/h2-5H,6-8H2,1H3. The molecule has 76 valence electrons. The van der Waals surface area contributed by atoms with Gasteiger partial charge in [0.15, 0.2) is 0 Å². The minimum absolute atomic E-state index is 0.166. The molecule has 1 aromatic carbocycles. The predicted molar refractivity (Wildman–Crippen MR) is 57.0 cm³/mol. The van der Waals surface area contributed by atoms with Gasteiger partial charge in [-0.2, -0.15) is 0 Å². The molecule has 0 amide bonds. The Morgan fingerprint density at radius 2 is 2.00 bits per heavy atom. The Kier molecular flexibility index (Phi) is 4.47. The highest BCUT2D eigenvalue weighted by Gasteiger charge is 1.98. The van der Waals surface area contributed by atoms with E-state index >= 15 is 0 Å². The van der Waals surface area contributed by atoms with Gasteiger partial charge in [0.1, 0.15) is 18.1 Å². The van der Waals surface area contributed by atoms with Crippen molar-refractivity contribution in [2.75, 3.05) is 12.5 Å². The van der Waals surface area contributed by atoms with Crippen LogP contribution in [0.25, 0.3) is 0 Å². The summed E-state index contributed by atoms with van der Waals surface area (Å²) in [6, 6.07) is 7.49. The first-order valence-electron chi connectivity index (χ1n) is 4.49. The van der Waals surface area contributed by atoms with Gasteiger partial charge in [0.25, 0.3) is 0 Å². The number of hydrogen-bond acceptors (Lipinski definition) is 2. The van der Waals surface area contributed by atoms with E-state index < -0.39 is 0 Å². The van der Waals surface area contributed by atoms with Gasteiger partial charge >= 0.3 is 0 Å². The van der Waals surface area contributed by atoms with Crippen molar-refractivity contribution in [1.82, 2.24) is 0 Å². The maximum atomic E-state index is 10.8. The fourth-order valence-corrected chi connectivity index (χ4v) is 1.22. The van der Waals surface area contributed by atoms with Crippen molar-refractivity contribution in [2.24, 2.45) is 0 Å². The first kappa shape index (κ1) is 11.1. The molecule has 0 spiro atoms. The normalized spacial score (nSPS) is 9.86. The van der Waals surface area contributed by atoms with Gasteiger partial charge < -0.3 is 4.74 Å². The predicted octanol–water partition coefficient (Wildman–Crippen LogP) is 2.44. The second-order valence-electron chi connectivity index (χ2n) is 3.06. The maximum absolute atomic E-state index is 10.8. The molecule has 0 unspecified atom stereocenters. The van der Waals surface area contributed by atoms with Gasteiger partial charge in [-0.1, -0.05) is 12.1 Å². The Morgan fingerprint density at radius 3 is 2.50 bits per heavy atom. The molecule has 3 heteroatoms. The number of rotatable bonds is 5. The van der Waals surface area contributed by atoms with E-state index in [4.69, 9.17) is 16.3 Å². The molecular formula is C11H13ClO2. The summed E-state index contributed by atoms with van der Waals surface area (Å²) in [6.45, 7) is 2.09. The Hall–Kier alpha value is -1.02. The summed E-state index contributed by atoms with van der Waals surface area (Å²) in [7, 11) is 0. The van der Waals surface area contributed by atoms with Gasteiger partial charge in [0.05, 0.1) is 5.88 Å². The first-order valence-corrected chi connectivity index (χ1v) is 5.03. The van der Waals surface area contributed by atoms with Crippen molar-refractivity contribution >= 4 is 17.4 Å². The van der Waals surface area contributed by atoms with Crippen LogP contribution in [0.4, 0.5) is 0 Å². The second-order valence-corrected chi connectivity index (χ2v) is 3.44. The van der Waals surface area contributed by atoms with Gasteiger partial charge in [-0.3, -0.25) is 4.79 Å². The summed E-state index contributed by atoms with van der Waals surface area (Å²) < 4.78 is 5.30. The molecule has 0 radical (unpaired) electrons. The summed E-state index contributed by atoms with van der Waals surface area (Å²) in [5, 5.41) is 0. The summed E-state index contributed by atoms with van der Waals surface area (Å²) >= 11 is 5.48. The van der Waals surface area contributed by atoms with Gasteiger partial charge in [0.2, 0.25) is 0 Å². The van der Waals surface area contributed by atoms with Crippen LogP contribution in [0, 0.1) is 0 Å². The van der Waals surface area contributed by atoms with Crippen LogP contribution in [-0.4, -0.2) is 18.3 Å².